The first-order valence-electron chi connectivity index (χ1n) is 4.85. The number of benzene rings is 1. The molecule has 7 nitrogen and oxygen atoms in total. The van der Waals surface area contributed by atoms with Crippen molar-refractivity contribution >= 4 is 25.0 Å². The Bertz CT molecular complexity index is 740. The fourth-order valence-corrected chi connectivity index (χ4v) is 2.29. The summed E-state index contributed by atoms with van der Waals surface area (Å²) in [7, 11) is -8.17. The minimum absolute atomic E-state index is 0.171. The van der Waals surface area contributed by atoms with Crippen LogP contribution in [0.1, 0.15) is 5.56 Å². The molecule has 0 saturated heterocycles. The zero-order valence-electron chi connectivity index (χ0n) is 10.1. The van der Waals surface area contributed by atoms with E-state index in [0.29, 0.717) is 6.26 Å². The van der Waals surface area contributed by atoms with Crippen molar-refractivity contribution in [3.05, 3.63) is 29.8 Å². The molecule has 102 valence electrons. The first kappa shape index (κ1) is 15.1. The molecule has 0 saturated carbocycles. The Hall–Kier alpha value is -1.92. The summed E-state index contributed by atoms with van der Waals surface area (Å²) in [6.07, 6.45) is 0.685. The lowest BCUT2D eigenvalue weighted by Gasteiger charge is -2.02. The van der Waals surface area contributed by atoms with E-state index in [0.717, 1.165) is 5.56 Å². The zero-order valence-corrected chi connectivity index (χ0v) is 11.7. The molecule has 0 fully saturated rings. The van der Waals surface area contributed by atoms with E-state index < -0.39 is 25.0 Å². The van der Waals surface area contributed by atoms with Crippen molar-refractivity contribution in [3.63, 3.8) is 0 Å². The Morgan fingerprint density at radius 2 is 1.74 bits per heavy atom. The van der Waals surface area contributed by atoms with Gasteiger partial charge in [0.05, 0.1) is 11.2 Å². The highest BCUT2D eigenvalue weighted by Gasteiger charge is 2.24. The highest BCUT2D eigenvalue weighted by molar-refractivity contribution is 8.07. The van der Waals surface area contributed by atoms with Crippen LogP contribution in [0, 0.1) is 18.3 Å². The molecular weight excluding hydrogens is 292 g/mol. The summed E-state index contributed by atoms with van der Waals surface area (Å²) < 4.78 is 49.4. The SMILES string of the molecule is Cc1ccc(S(=O)(=O)C(C#N)=NOS(C)(=O)=O)cc1. The molecule has 0 spiro atoms. The molecule has 0 N–H and O–H groups in total. The Balaban J connectivity index is 3.25. The number of hydrogen-bond donors (Lipinski definition) is 0. The molecule has 1 aromatic carbocycles. The van der Waals surface area contributed by atoms with Gasteiger partial charge in [-0.1, -0.05) is 17.7 Å². The zero-order chi connectivity index (χ0) is 14.7. The van der Waals surface area contributed by atoms with Gasteiger partial charge in [-0.3, -0.25) is 4.28 Å². The van der Waals surface area contributed by atoms with Gasteiger partial charge in [0.2, 0.25) is 9.84 Å². The number of sulfone groups is 1. The summed E-state index contributed by atoms with van der Waals surface area (Å²) >= 11 is 0. The molecule has 0 amide bonds. The third kappa shape index (κ3) is 4.04. The van der Waals surface area contributed by atoms with Crippen molar-refractivity contribution in [2.75, 3.05) is 6.26 Å². The molecule has 9 heteroatoms. The molecule has 1 rings (SSSR count). The van der Waals surface area contributed by atoms with Crippen molar-refractivity contribution in [1.29, 1.82) is 5.26 Å². The van der Waals surface area contributed by atoms with E-state index in [1.807, 2.05) is 0 Å². The van der Waals surface area contributed by atoms with Crippen LogP contribution in [0.25, 0.3) is 0 Å². The van der Waals surface area contributed by atoms with Gasteiger partial charge in [-0.25, -0.2) is 8.42 Å². The van der Waals surface area contributed by atoms with Crippen LogP contribution in [0.4, 0.5) is 0 Å². The molecule has 0 bridgehead atoms. The maximum atomic E-state index is 12.0. The lowest BCUT2D eigenvalue weighted by atomic mass is 10.2. The summed E-state index contributed by atoms with van der Waals surface area (Å²) in [6.45, 7) is 1.77. The van der Waals surface area contributed by atoms with Crippen LogP contribution >= 0.6 is 0 Å². The second-order valence-corrected chi connectivity index (χ2v) is 7.03. The van der Waals surface area contributed by atoms with E-state index in [1.54, 1.807) is 19.1 Å². The minimum Gasteiger partial charge on any atom is -0.267 e. The monoisotopic (exact) mass is 302 g/mol. The quantitative estimate of drug-likeness (QED) is 0.458. The topological polar surface area (TPSA) is 114 Å². The largest absolute Gasteiger partial charge is 0.325 e. The van der Waals surface area contributed by atoms with Crippen LogP contribution in [0.2, 0.25) is 0 Å². The first-order valence-corrected chi connectivity index (χ1v) is 8.15. The Kier molecular flexibility index (Phi) is 4.28. The van der Waals surface area contributed by atoms with Gasteiger partial charge >= 0.3 is 10.1 Å². The summed E-state index contributed by atoms with van der Waals surface area (Å²) in [5.41, 5.74) is 0.835. The molecule has 19 heavy (non-hydrogen) atoms. The van der Waals surface area contributed by atoms with Gasteiger partial charge in [0, 0.05) is 0 Å². The average Bonchev–Trinajstić information content (AvgIpc) is 2.28. The van der Waals surface area contributed by atoms with E-state index in [2.05, 4.69) is 9.44 Å². The van der Waals surface area contributed by atoms with Crippen molar-refractivity contribution < 1.29 is 21.1 Å². The molecule has 0 aliphatic carbocycles. The van der Waals surface area contributed by atoms with Crippen molar-refractivity contribution in [2.45, 2.75) is 11.8 Å². The van der Waals surface area contributed by atoms with Crippen LogP contribution in [0.3, 0.4) is 0 Å². The highest BCUT2D eigenvalue weighted by atomic mass is 32.2. The van der Waals surface area contributed by atoms with Crippen LogP contribution in [0.15, 0.2) is 34.3 Å². The van der Waals surface area contributed by atoms with Crippen molar-refractivity contribution in [3.8, 4) is 6.07 Å². The Labute approximate surface area is 111 Å². The van der Waals surface area contributed by atoms with Crippen LogP contribution < -0.4 is 0 Å². The lowest BCUT2D eigenvalue weighted by molar-refractivity contribution is 0.344. The van der Waals surface area contributed by atoms with Crippen LogP contribution in [-0.4, -0.2) is 28.1 Å². The number of hydrogen-bond acceptors (Lipinski definition) is 7. The van der Waals surface area contributed by atoms with Gasteiger partial charge in [-0.15, -0.1) is 0 Å². The van der Waals surface area contributed by atoms with E-state index in [9.17, 15) is 16.8 Å². The fraction of sp³-hybridized carbons (Fsp3) is 0.200. The molecule has 1 aromatic rings. The summed E-state index contributed by atoms with van der Waals surface area (Å²) in [6, 6.07) is 6.96. The van der Waals surface area contributed by atoms with Gasteiger partial charge in [0.1, 0.15) is 6.07 Å². The maximum absolute atomic E-state index is 12.0. The Morgan fingerprint density at radius 1 is 1.21 bits per heavy atom. The number of oxime groups is 1. The van der Waals surface area contributed by atoms with Crippen molar-refractivity contribution in [2.24, 2.45) is 5.16 Å². The van der Waals surface area contributed by atoms with E-state index in [1.165, 1.54) is 18.2 Å². The van der Waals surface area contributed by atoms with E-state index in [-0.39, 0.29) is 4.90 Å². The summed E-state index contributed by atoms with van der Waals surface area (Å²) in [5.74, 6) is 0. The second-order valence-electron chi connectivity index (χ2n) is 3.60. The standard InChI is InChI=1S/C10H10N2O5S2/c1-8-3-5-9(6-4-8)19(15,16)10(7-11)12-17-18(2,13)14/h3-6H,1-2H3. The Morgan fingerprint density at radius 3 is 2.16 bits per heavy atom. The van der Waals surface area contributed by atoms with Gasteiger partial charge < -0.3 is 0 Å². The fourth-order valence-electron chi connectivity index (χ4n) is 1.06. The van der Waals surface area contributed by atoms with Gasteiger partial charge in [-0.05, 0) is 24.2 Å². The number of rotatable bonds is 3. The molecule has 0 aliphatic heterocycles. The predicted molar refractivity (Wildman–Crippen MR) is 67.3 cm³/mol. The minimum atomic E-state index is -4.19. The molecule has 0 aromatic heterocycles. The average molecular weight is 302 g/mol. The predicted octanol–water partition coefficient (Wildman–Crippen LogP) is 0.582. The van der Waals surface area contributed by atoms with Crippen LogP contribution in [-0.2, 0) is 24.2 Å². The first-order chi connectivity index (χ1) is 8.66. The molecule has 0 unspecified atom stereocenters. The summed E-state index contributed by atoms with van der Waals surface area (Å²) in [5, 5.41) is 10.6. The van der Waals surface area contributed by atoms with E-state index >= 15 is 0 Å². The third-order valence-corrected chi connectivity index (χ3v) is 3.85. The smallest absolute Gasteiger partial charge is 0.267 e. The van der Waals surface area contributed by atoms with Gasteiger partial charge in [0.25, 0.3) is 5.04 Å². The molecule has 0 atom stereocenters. The van der Waals surface area contributed by atoms with Crippen molar-refractivity contribution in [1.82, 2.24) is 0 Å². The molecule has 0 aliphatic rings. The molecular formula is C10H10N2O5S2. The number of nitrogens with zero attached hydrogens (tertiary/aromatic N) is 2. The van der Waals surface area contributed by atoms with Crippen LogP contribution in [0.5, 0.6) is 0 Å². The van der Waals surface area contributed by atoms with Gasteiger partial charge in [0.15, 0.2) is 0 Å². The summed E-state index contributed by atoms with van der Waals surface area (Å²) in [4.78, 5) is -0.171. The molecule has 0 heterocycles. The normalized spacial score (nSPS) is 12.8. The lowest BCUT2D eigenvalue weighted by Crippen LogP contribution is -2.14. The second kappa shape index (κ2) is 5.38. The van der Waals surface area contributed by atoms with Gasteiger partial charge in [-0.2, -0.15) is 13.7 Å². The highest BCUT2D eigenvalue weighted by Crippen LogP contribution is 2.14. The third-order valence-electron chi connectivity index (χ3n) is 1.94. The number of nitriles is 1. The molecule has 0 radical (unpaired) electrons. The number of aryl methyl sites for hydroxylation is 1. The maximum Gasteiger partial charge on any atom is 0.325 e. The van der Waals surface area contributed by atoms with E-state index in [4.69, 9.17) is 5.26 Å².